The lowest BCUT2D eigenvalue weighted by molar-refractivity contribution is -0.235. The Morgan fingerprint density at radius 2 is 1.58 bits per heavy atom. The Labute approximate surface area is 137 Å². The summed E-state index contributed by atoms with van der Waals surface area (Å²) in [5, 5.41) is 2.29. The first-order valence-electron chi connectivity index (χ1n) is 7.06. The molecule has 10 heteroatoms. The minimum absolute atomic E-state index is 0.399. The highest BCUT2D eigenvalue weighted by Crippen LogP contribution is 2.22. The Balaban J connectivity index is 3.07. The summed E-state index contributed by atoms with van der Waals surface area (Å²) in [5.74, 6) is -3.47. The summed E-state index contributed by atoms with van der Waals surface area (Å²) in [6.07, 6.45) is -4.04. The minimum atomic E-state index is -1.44. The van der Waals surface area contributed by atoms with Gasteiger partial charge in [-0.25, -0.2) is 0 Å². The van der Waals surface area contributed by atoms with Gasteiger partial charge in [0.15, 0.2) is 12.1 Å². The smallest absolute Gasteiger partial charge is 0.305 e. The van der Waals surface area contributed by atoms with Crippen LogP contribution in [-0.4, -0.2) is 60.7 Å². The second kappa shape index (κ2) is 8.39. The fourth-order valence-electron chi connectivity index (χ4n) is 2.07. The Morgan fingerprint density at radius 3 is 2.04 bits per heavy atom. The third-order valence-electron chi connectivity index (χ3n) is 2.89. The number of carbonyl (C=O) groups excluding carboxylic acids is 5. The van der Waals surface area contributed by atoms with Crippen molar-refractivity contribution in [2.45, 2.75) is 52.2 Å². The first-order valence-corrected chi connectivity index (χ1v) is 7.06. The molecule has 1 unspecified atom stereocenters. The van der Waals surface area contributed by atoms with Gasteiger partial charge >= 0.3 is 17.9 Å². The number of rotatable bonds is 5. The number of amides is 1. The van der Waals surface area contributed by atoms with Crippen LogP contribution >= 0.6 is 0 Å². The monoisotopic (exact) mass is 345 g/mol. The van der Waals surface area contributed by atoms with E-state index in [1.807, 2.05) is 0 Å². The molecule has 1 fully saturated rings. The molecular weight excluding hydrogens is 326 g/mol. The van der Waals surface area contributed by atoms with Gasteiger partial charge in [-0.2, -0.15) is 0 Å². The molecule has 10 nitrogen and oxygen atoms in total. The van der Waals surface area contributed by atoms with E-state index >= 15 is 0 Å². The molecule has 0 bridgehead atoms. The second-order valence-electron chi connectivity index (χ2n) is 5.07. The predicted molar refractivity (Wildman–Crippen MR) is 75.2 cm³/mol. The number of Topliss-reactive ketones (excluding diaryl/α,β-unsaturated/α-hetero) is 1. The van der Waals surface area contributed by atoms with E-state index in [2.05, 4.69) is 5.32 Å². The molecule has 1 N–H and O–H groups in total. The number of carbonyl (C=O) groups is 5. The summed E-state index contributed by atoms with van der Waals surface area (Å²) >= 11 is 0. The lowest BCUT2D eigenvalue weighted by Crippen LogP contribution is -2.63. The highest BCUT2D eigenvalue weighted by Gasteiger charge is 2.49. The average Bonchev–Trinajstić information content (AvgIpc) is 2.42. The zero-order chi connectivity index (χ0) is 18.4. The van der Waals surface area contributed by atoms with E-state index in [-0.39, 0.29) is 0 Å². The van der Waals surface area contributed by atoms with Gasteiger partial charge in [-0.15, -0.1) is 0 Å². The van der Waals surface area contributed by atoms with E-state index in [1.165, 1.54) is 0 Å². The third-order valence-corrected chi connectivity index (χ3v) is 2.89. The molecule has 134 valence electrons. The van der Waals surface area contributed by atoms with Crippen LogP contribution in [0.1, 0.15) is 27.7 Å². The van der Waals surface area contributed by atoms with Crippen LogP contribution in [0.15, 0.2) is 0 Å². The minimum Gasteiger partial charge on any atom is -0.463 e. The lowest BCUT2D eigenvalue weighted by atomic mass is 9.98. The van der Waals surface area contributed by atoms with E-state index in [0.717, 1.165) is 27.7 Å². The van der Waals surface area contributed by atoms with Crippen molar-refractivity contribution in [1.29, 1.82) is 0 Å². The molecule has 0 aromatic heterocycles. The Kier molecular flexibility index (Phi) is 6.83. The van der Waals surface area contributed by atoms with E-state index < -0.39 is 60.7 Å². The van der Waals surface area contributed by atoms with Gasteiger partial charge in [-0.3, -0.25) is 24.0 Å². The average molecular weight is 345 g/mol. The number of hydrogen-bond acceptors (Lipinski definition) is 9. The summed E-state index contributed by atoms with van der Waals surface area (Å²) in [5.41, 5.74) is 0. The van der Waals surface area contributed by atoms with Crippen LogP contribution in [0, 0.1) is 0 Å². The molecule has 0 aromatic carbocycles. The molecule has 0 saturated carbocycles. The van der Waals surface area contributed by atoms with Crippen LogP contribution in [-0.2, 0) is 42.9 Å². The van der Waals surface area contributed by atoms with E-state index in [4.69, 9.17) is 18.9 Å². The van der Waals surface area contributed by atoms with Crippen LogP contribution in [0.2, 0.25) is 0 Å². The Hall–Kier alpha value is -2.49. The molecule has 1 aliphatic heterocycles. The summed E-state index contributed by atoms with van der Waals surface area (Å²) in [6, 6.07) is -1.36. The van der Waals surface area contributed by atoms with Gasteiger partial charge in [0.05, 0.1) is 0 Å². The molecule has 1 amide bonds. The Morgan fingerprint density at radius 1 is 1.00 bits per heavy atom. The number of ether oxygens (including phenoxy) is 4. The van der Waals surface area contributed by atoms with Gasteiger partial charge in [-0.1, -0.05) is 0 Å². The largest absolute Gasteiger partial charge is 0.463 e. The van der Waals surface area contributed by atoms with Crippen molar-refractivity contribution in [1.82, 2.24) is 5.32 Å². The molecule has 4 atom stereocenters. The number of ketones is 1. The summed E-state index contributed by atoms with van der Waals surface area (Å²) in [7, 11) is 0. The standard InChI is InChI=1S/C14H19NO9/c1-6(16)15-11-12(20)13(22-8(3)18)10(5-21-7(2)17)24-14(11)23-9(4)19/h10-11,13-14H,5H2,1-4H3,(H,15,16)/t10-,11-,13-,14?/m1/s1. The van der Waals surface area contributed by atoms with Gasteiger partial charge in [0.1, 0.15) is 12.7 Å². The summed E-state index contributed by atoms with van der Waals surface area (Å²) in [6.45, 7) is 4.09. The van der Waals surface area contributed by atoms with Crippen molar-refractivity contribution in [2.24, 2.45) is 0 Å². The SMILES string of the molecule is CC(=O)N[C@@H]1C(=O)[C@H](OC(C)=O)[C@@H](COC(C)=O)OC1OC(C)=O. The van der Waals surface area contributed by atoms with Gasteiger partial charge < -0.3 is 24.3 Å². The number of nitrogens with one attached hydrogen (secondary N) is 1. The summed E-state index contributed by atoms with van der Waals surface area (Å²) in [4.78, 5) is 57.2. The lowest BCUT2D eigenvalue weighted by Gasteiger charge is -2.38. The van der Waals surface area contributed by atoms with Crippen molar-refractivity contribution in [3.63, 3.8) is 0 Å². The molecular formula is C14H19NO9. The van der Waals surface area contributed by atoms with E-state index in [0.29, 0.717) is 0 Å². The third kappa shape index (κ3) is 5.61. The topological polar surface area (TPSA) is 134 Å². The maximum absolute atomic E-state index is 12.5. The van der Waals surface area contributed by atoms with Gasteiger partial charge in [-0.05, 0) is 0 Å². The fourth-order valence-corrected chi connectivity index (χ4v) is 2.07. The molecule has 1 rings (SSSR count). The zero-order valence-corrected chi connectivity index (χ0v) is 13.7. The van der Waals surface area contributed by atoms with E-state index in [9.17, 15) is 24.0 Å². The number of hydrogen-bond donors (Lipinski definition) is 1. The molecule has 0 aromatic rings. The van der Waals surface area contributed by atoms with Gasteiger partial charge in [0.2, 0.25) is 18.0 Å². The maximum Gasteiger partial charge on any atom is 0.305 e. The van der Waals surface area contributed by atoms with Crippen LogP contribution in [0.4, 0.5) is 0 Å². The highest BCUT2D eigenvalue weighted by molar-refractivity contribution is 5.94. The van der Waals surface area contributed by atoms with Crippen LogP contribution in [0.5, 0.6) is 0 Å². The molecule has 1 saturated heterocycles. The first-order chi connectivity index (χ1) is 11.1. The van der Waals surface area contributed by atoms with E-state index in [1.54, 1.807) is 0 Å². The molecule has 1 aliphatic rings. The van der Waals surface area contributed by atoms with Crippen molar-refractivity contribution in [3.8, 4) is 0 Å². The Bertz CT molecular complexity index is 544. The van der Waals surface area contributed by atoms with Crippen molar-refractivity contribution >= 4 is 29.6 Å². The highest BCUT2D eigenvalue weighted by atomic mass is 16.7. The zero-order valence-electron chi connectivity index (χ0n) is 13.7. The second-order valence-corrected chi connectivity index (χ2v) is 5.07. The van der Waals surface area contributed by atoms with Crippen molar-refractivity contribution in [2.75, 3.05) is 6.61 Å². The van der Waals surface area contributed by atoms with Crippen LogP contribution in [0.3, 0.4) is 0 Å². The van der Waals surface area contributed by atoms with Crippen LogP contribution in [0.25, 0.3) is 0 Å². The van der Waals surface area contributed by atoms with Crippen molar-refractivity contribution in [3.05, 3.63) is 0 Å². The first kappa shape index (κ1) is 19.6. The normalized spacial score (nSPS) is 26.2. The molecule has 0 spiro atoms. The van der Waals surface area contributed by atoms with Gasteiger partial charge in [0.25, 0.3) is 0 Å². The fraction of sp³-hybridized carbons (Fsp3) is 0.643. The predicted octanol–water partition coefficient (Wildman–Crippen LogP) is -1.16. The van der Waals surface area contributed by atoms with Gasteiger partial charge in [0, 0.05) is 27.7 Å². The van der Waals surface area contributed by atoms with Crippen molar-refractivity contribution < 1.29 is 42.9 Å². The molecule has 0 aliphatic carbocycles. The van der Waals surface area contributed by atoms with Crippen LogP contribution < -0.4 is 5.32 Å². The number of esters is 3. The maximum atomic E-state index is 12.5. The molecule has 0 radical (unpaired) electrons. The quantitative estimate of drug-likeness (QED) is 0.483. The summed E-state index contributed by atoms with van der Waals surface area (Å²) < 4.78 is 20.0. The molecule has 24 heavy (non-hydrogen) atoms. The molecule has 1 heterocycles.